The molecule has 0 amide bonds. The van der Waals surface area contributed by atoms with Gasteiger partial charge in [0.05, 0.1) is 5.69 Å². The third-order valence-corrected chi connectivity index (χ3v) is 2.30. The van der Waals surface area contributed by atoms with E-state index in [4.69, 9.17) is 5.73 Å². The van der Waals surface area contributed by atoms with Crippen LogP contribution in [0.25, 0.3) is 0 Å². The van der Waals surface area contributed by atoms with E-state index in [0.29, 0.717) is 5.56 Å². The van der Waals surface area contributed by atoms with Crippen molar-refractivity contribution in [1.29, 1.82) is 0 Å². The number of nitrogens with zero attached hydrogens (tertiary/aromatic N) is 1. The van der Waals surface area contributed by atoms with Crippen LogP contribution in [0.3, 0.4) is 0 Å². The summed E-state index contributed by atoms with van der Waals surface area (Å²) in [5.41, 5.74) is 8.95. The second kappa shape index (κ2) is 6.70. The summed E-state index contributed by atoms with van der Waals surface area (Å²) in [5.74, 6) is -1.14. The van der Waals surface area contributed by atoms with Crippen molar-refractivity contribution < 1.29 is 8.78 Å². The van der Waals surface area contributed by atoms with Crippen LogP contribution in [0.5, 0.6) is 0 Å². The fourth-order valence-electron chi connectivity index (χ4n) is 1.37. The summed E-state index contributed by atoms with van der Waals surface area (Å²) < 4.78 is 26.0. The first-order valence-corrected chi connectivity index (χ1v) is 5.26. The highest BCUT2D eigenvalue weighted by atomic mass is 35.5. The van der Waals surface area contributed by atoms with Gasteiger partial charge in [-0.1, -0.05) is 30.3 Å². The maximum atomic E-state index is 13.3. The molecule has 0 radical (unpaired) electrons. The fraction of sp³-hybridized carbons (Fsp3) is 0. The molecule has 0 atom stereocenters. The van der Waals surface area contributed by atoms with Crippen LogP contribution in [0.4, 0.5) is 14.5 Å². The standard InChI is InChI=1S/C13H11F2N3.ClH/c14-10-6-7-12(11(15)8-10)17-18-13(16)9-4-2-1-3-5-9;/h1-8,17H,(H2,16,18);1H. The van der Waals surface area contributed by atoms with Gasteiger partial charge in [0.15, 0.2) is 11.7 Å². The van der Waals surface area contributed by atoms with Crippen LogP contribution in [0.2, 0.25) is 0 Å². The average molecular weight is 284 g/mol. The highest BCUT2D eigenvalue weighted by Gasteiger charge is 2.03. The predicted molar refractivity (Wildman–Crippen MR) is 74.4 cm³/mol. The van der Waals surface area contributed by atoms with Crippen molar-refractivity contribution >= 4 is 23.9 Å². The molecule has 0 unspecified atom stereocenters. The molecule has 2 aromatic rings. The van der Waals surface area contributed by atoms with E-state index in [1.807, 2.05) is 18.2 Å². The first-order valence-electron chi connectivity index (χ1n) is 5.26. The molecule has 0 heterocycles. The Kier molecular flexibility index (Phi) is 5.26. The van der Waals surface area contributed by atoms with E-state index in [1.54, 1.807) is 12.1 Å². The topological polar surface area (TPSA) is 50.4 Å². The van der Waals surface area contributed by atoms with Crippen LogP contribution in [-0.2, 0) is 0 Å². The molecule has 0 aliphatic rings. The van der Waals surface area contributed by atoms with E-state index in [2.05, 4.69) is 10.5 Å². The molecule has 19 heavy (non-hydrogen) atoms. The number of nitrogens with one attached hydrogen (secondary N) is 1. The summed E-state index contributed by atoms with van der Waals surface area (Å²) >= 11 is 0. The normalized spacial score (nSPS) is 10.7. The summed E-state index contributed by atoms with van der Waals surface area (Å²) in [6, 6.07) is 12.2. The third kappa shape index (κ3) is 3.93. The van der Waals surface area contributed by atoms with Gasteiger partial charge < -0.3 is 5.73 Å². The van der Waals surface area contributed by atoms with Crippen LogP contribution in [0.15, 0.2) is 53.6 Å². The SMILES string of the molecule is Cl.N/C(=N\Nc1ccc(F)cc1F)c1ccccc1. The minimum atomic E-state index is -0.723. The molecule has 0 fully saturated rings. The molecule has 0 saturated carbocycles. The summed E-state index contributed by atoms with van der Waals surface area (Å²) in [6.07, 6.45) is 0. The Morgan fingerprint density at radius 2 is 1.74 bits per heavy atom. The molecule has 0 aliphatic carbocycles. The molecule has 0 spiro atoms. The summed E-state index contributed by atoms with van der Waals surface area (Å²) in [7, 11) is 0. The van der Waals surface area contributed by atoms with Crippen molar-refractivity contribution in [3.05, 3.63) is 65.7 Å². The molecular weight excluding hydrogens is 272 g/mol. The second-order valence-corrected chi connectivity index (χ2v) is 3.60. The maximum Gasteiger partial charge on any atom is 0.151 e. The molecule has 3 nitrogen and oxygen atoms in total. The van der Waals surface area contributed by atoms with Crippen molar-refractivity contribution in [2.45, 2.75) is 0 Å². The van der Waals surface area contributed by atoms with Crippen LogP contribution in [-0.4, -0.2) is 5.84 Å². The molecule has 0 aromatic heterocycles. The van der Waals surface area contributed by atoms with Gasteiger partial charge in [-0.05, 0) is 12.1 Å². The fourth-order valence-corrected chi connectivity index (χ4v) is 1.37. The zero-order valence-electron chi connectivity index (χ0n) is 9.81. The minimum absolute atomic E-state index is 0. The van der Waals surface area contributed by atoms with E-state index in [-0.39, 0.29) is 23.9 Å². The molecule has 0 aliphatic heterocycles. The van der Waals surface area contributed by atoms with Crippen LogP contribution >= 0.6 is 12.4 Å². The van der Waals surface area contributed by atoms with Gasteiger partial charge >= 0.3 is 0 Å². The van der Waals surface area contributed by atoms with Crippen molar-refractivity contribution in [3.63, 3.8) is 0 Å². The lowest BCUT2D eigenvalue weighted by atomic mass is 10.2. The predicted octanol–water partition coefficient (Wildman–Crippen LogP) is 3.12. The van der Waals surface area contributed by atoms with Gasteiger partial charge in [-0.25, -0.2) is 8.78 Å². The molecule has 100 valence electrons. The first-order chi connectivity index (χ1) is 8.66. The van der Waals surface area contributed by atoms with Crippen LogP contribution in [0, 0.1) is 11.6 Å². The van der Waals surface area contributed by atoms with E-state index in [9.17, 15) is 8.78 Å². The third-order valence-electron chi connectivity index (χ3n) is 2.30. The van der Waals surface area contributed by atoms with Gasteiger partial charge in [0.1, 0.15) is 5.82 Å². The number of hydrogen-bond acceptors (Lipinski definition) is 2. The van der Waals surface area contributed by atoms with Gasteiger partial charge in [0.2, 0.25) is 0 Å². The van der Waals surface area contributed by atoms with Crippen LogP contribution < -0.4 is 11.2 Å². The number of hydrazone groups is 1. The van der Waals surface area contributed by atoms with E-state index < -0.39 is 11.6 Å². The van der Waals surface area contributed by atoms with E-state index in [0.717, 1.165) is 12.1 Å². The quantitative estimate of drug-likeness (QED) is 0.516. The zero-order valence-corrected chi connectivity index (χ0v) is 10.6. The lowest BCUT2D eigenvalue weighted by Gasteiger charge is -2.04. The lowest BCUT2D eigenvalue weighted by Crippen LogP contribution is -2.15. The van der Waals surface area contributed by atoms with Crippen LogP contribution in [0.1, 0.15) is 5.56 Å². The van der Waals surface area contributed by atoms with Crippen molar-refractivity contribution in [1.82, 2.24) is 0 Å². The summed E-state index contributed by atoms with van der Waals surface area (Å²) in [6.45, 7) is 0. The monoisotopic (exact) mass is 283 g/mol. The molecule has 2 rings (SSSR count). The number of nitrogens with two attached hydrogens (primary N) is 1. The largest absolute Gasteiger partial charge is 0.382 e. The molecule has 0 saturated heterocycles. The summed E-state index contributed by atoms with van der Waals surface area (Å²) in [5, 5.41) is 3.84. The average Bonchev–Trinajstić information content (AvgIpc) is 2.38. The Bertz CT molecular complexity index is 573. The number of hydrogen-bond donors (Lipinski definition) is 2. The van der Waals surface area contributed by atoms with Crippen molar-refractivity contribution in [3.8, 4) is 0 Å². The number of benzene rings is 2. The van der Waals surface area contributed by atoms with Gasteiger partial charge in [-0.3, -0.25) is 5.43 Å². The Balaban J connectivity index is 0.00000180. The highest BCUT2D eigenvalue weighted by Crippen LogP contribution is 2.14. The maximum absolute atomic E-state index is 13.3. The van der Waals surface area contributed by atoms with E-state index >= 15 is 0 Å². The highest BCUT2D eigenvalue weighted by molar-refractivity contribution is 5.97. The molecule has 2 aromatic carbocycles. The Morgan fingerprint density at radius 1 is 1.05 bits per heavy atom. The molecule has 6 heteroatoms. The molecule has 0 bridgehead atoms. The van der Waals surface area contributed by atoms with Gasteiger partial charge in [-0.15, -0.1) is 12.4 Å². The Labute approximate surface area is 115 Å². The number of halogens is 3. The smallest absolute Gasteiger partial charge is 0.151 e. The number of anilines is 1. The number of amidine groups is 1. The molecule has 3 N–H and O–H groups in total. The van der Waals surface area contributed by atoms with Gasteiger partial charge in [-0.2, -0.15) is 5.10 Å². The zero-order chi connectivity index (χ0) is 13.0. The van der Waals surface area contributed by atoms with E-state index in [1.165, 1.54) is 6.07 Å². The second-order valence-electron chi connectivity index (χ2n) is 3.60. The number of rotatable bonds is 3. The Morgan fingerprint density at radius 3 is 2.37 bits per heavy atom. The van der Waals surface area contributed by atoms with Gasteiger partial charge in [0, 0.05) is 11.6 Å². The molecular formula is C13H12ClF2N3. The minimum Gasteiger partial charge on any atom is -0.382 e. The summed E-state index contributed by atoms with van der Waals surface area (Å²) in [4.78, 5) is 0. The Hall–Kier alpha value is -2.14. The van der Waals surface area contributed by atoms with Gasteiger partial charge in [0.25, 0.3) is 0 Å². The lowest BCUT2D eigenvalue weighted by molar-refractivity contribution is 0.585. The van der Waals surface area contributed by atoms with Crippen molar-refractivity contribution in [2.75, 3.05) is 5.43 Å². The first kappa shape index (κ1) is 14.9. The van der Waals surface area contributed by atoms with Crippen molar-refractivity contribution in [2.24, 2.45) is 10.8 Å².